The van der Waals surface area contributed by atoms with Gasteiger partial charge in [-0.15, -0.1) is 0 Å². The molecule has 2 saturated carbocycles. The Kier molecular flexibility index (Phi) is 3.94. The van der Waals surface area contributed by atoms with Crippen LogP contribution < -0.4 is 4.72 Å². The van der Waals surface area contributed by atoms with E-state index < -0.39 is 38.4 Å². The molecular formula is C14H16F3NO3S. The Morgan fingerprint density at radius 1 is 1.14 bits per heavy atom. The molecule has 0 radical (unpaired) electrons. The zero-order valence-electron chi connectivity index (χ0n) is 11.6. The Labute approximate surface area is 126 Å². The maximum Gasteiger partial charge on any atom is 0.241 e. The molecule has 0 spiro atoms. The maximum absolute atomic E-state index is 13.2. The first-order chi connectivity index (χ1) is 10.3. The van der Waals surface area contributed by atoms with Gasteiger partial charge in [0.15, 0.2) is 17.5 Å². The molecule has 0 aliphatic heterocycles. The van der Waals surface area contributed by atoms with Crippen molar-refractivity contribution in [3.63, 3.8) is 0 Å². The van der Waals surface area contributed by atoms with Crippen molar-refractivity contribution < 1.29 is 26.7 Å². The third-order valence-electron chi connectivity index (χ3n) is 4.86. The summed E-state index contributed by atoms with van der Waals surface area (Å²) in [6.07, 6.45) is 2.65. The number of hydrogen-bond donors (Lipinski definition) is 2. The van der Waals surface area contributed by atoms with E-state index in [-0.39, 0.29) is 24.4 Å². The van der Waals surface area contributed by atoms with E-state index >= 15 is 0 Å². The molecule has 2 aliphatic rings. The highest BCUT2D eigenvalue weighted by atomic mass is 32.2. The van der Waals surface area contributed by atoms with Crippen molar-refractivity contribution in [1.29, 1.82) is 0 Å². The van der Waals surface area contributed by atoms with E-state index in [1.807, 2.05) is 0 Å². The minimum Gasteiger partial charge on any atom is -0.396 e. The van der Waals surface area contributed by atoms with Crippen LogP contribution in [0.2, 0.25) is 0 Å². The van der Waals surface area contributed by atoms with Crippen molar-refractivity contribution in [1.82, 2.24) is 4.72 Å². The second kappa shape index (κ2) is 5.50. The van der Waals surface area contributed by atoms with Crippen LogP contribution in [-0.2, 0) is 10.0 Å². The third kappa shape index (κ3) is 2.53. The molecule has 0 amide bonds. The van der Waals surface area contributed by atoms with Crippen molar-refractivity contribution in [3.8, 4) is 0 Å². The zero-order chi connectivity index (χ0) is 16.1. The number of aliphatic hydroxyl groups is 1. The molecule has 0 saturated heterocycles. The number of aliphatic hydroxyl groups excluding tert-OH is 1. The fraction of sp³-hybridized carbons (Fsp3) is 0.571. The van der Waals surface area contributed by atoms with Gasteiger partial charge in [0.05, 0.1) is 4.90 Å². The fourth-order valence-corrected chi connectivity index (χ4v) is 5.17. The standard InChI is InChI=1S/C14H16F3NO3S/c15-11-4-9(5-12(16)13(11)17)22(20,21)18-14-8-2-1-7(3-8)10(14)6-19/h4-5,7-8,10,14,18-19H,1-3,6H2. The fourth-order valence-electron chi connectivity index (χ4n) is 3.79. The largest absolute Gasteiger partial charge is 0.396 e. The number of fused-ring (bicyclic) bond motifs is 2. The lowest BCUT2D eigenvalue weighted by molar-refractivity contribution is 0.153. The van der Waals surface area contributed by atoms with Crippen molar-refractivity contribution in [2.24, 2.45) is 17.8 Å². The minimum absolute atomic E-state index is 0.118. The van der Waals surface area contributed by atoms with Crippen molar-refractivity contribution in [2.45, 2.75) is 30.2 Å². The zero-order valence-corrected chi connectivity index (χ0v) is 12.4. The Balaban J connectivity index is 1.88. The summed E-state index contributed by atoms with van der Waals surface area (Å²) in [6.45, 7) is -0.138. The first-order valence-electron chi connectivity index (χ1n) is 7.11. The number of halogens is 3. The highest BCUT2D eigenvalue weighted by Crippen LogP contribution is 2.48. The smallest absolute Gasteiger partial charge is 0.241 e. The van der Waals surface area contributed by atoms with Gasteiger partial charge in [0.2, 0.25) is 10.0 Å². The summed E-state index contributed by atoms with van der Waals surface area (Å²) in [6, 6.07) is 0.467. The molecule has 2 fully saturated rings. The van der Waals surface area contributed by atoms with Crippen molar-refractivity contribution in [2.75, 3.05) is 6.61 Å². The third-order valence-corrected chi connectivity index (χ3v) is 6.30. The predicted octanol–water partition coefficient (Wildman–Crippen LogP) is 1.79. The van der Waals surface area contributed by atoms with Gasteiger partial charge in [-0.05, 0) is 43.2 Å². The predicted molar refractivity (Wildman–Crippen MR) is 71.8 cm³/mol. The summed E-state index contributed by atoms with van der Waals surface area (Å²) >= 11 is 0. The van der Waals surface area contributed by atoms with Gasteiger partial charge in [0.25, 0.3) is 0 Å². The monoisotopic (exact) mass is 335 g/mol. The van der Waals surface area contributed by atoms with Crippen LogP contribution in [0.1, 0.15) is 19.3 Å². The second-order valence-electron chi connectivity index (χ2n) is 6.03. The minimum atomic E-state index is -4.18. The number of hydrogen-bond acceptors (Lipinski definition) is 3. The average molecular weight is 335 g/mol. The Morgan fingerprint density at radius 2 is 1.73 bits per heavy atom. The molecule has 2 bridgehead atoms. The van der Waals surface area contributed by atoms with E-state index in [0.29, 0.717) is 12.1 Å². The van der Waals surface area contributed by atoms with Gasteiger partial charge in [-0.2, -0.15) is 0 Å². The molecule has 4 unspecified atom stereocenters. The van der Waals surface area contributed by atoms with E-state index in [1.54, 1.807) is 0 Å². The molecule has 2 aliphatic carbocycles. The van der Waals surface area contributed by atoms with E-state index in [2.05, 4.69) is 4.72 Å². The Hall–Kier alpha value is -1.12. The molecule has 0 heterocycles. The lowest BCUT2D eigenvalue weighted by atomic mass is 9.86. The maximum atomic E-state index is 13.2. The molecule has 0 aromatic heterocycles. The van der Waals surface area contributed by atoms with Gasteiger partial charge in [-0.3, -0.25) is 0 Å². The quantitative estimate of drug-likeness (QED) is 0.825. The van der Waals surface area contributed by atoms with Crippen molar-refractivity contribution in [3.05, 3.63) is 29.6 Å². The first kappa shape index (κ1) is 15.8. The molecule has 3 rings (SSSR count). The van der Waals surface area contributed by atoms with Crippen LogP contribution in [0, 0.1) is 35.2 Å². The number of rotatable bonds is 4. The van der Waals surface area contributed by atoms with Gasteiger partial charge in [-0.25, -0.2) is 26.3 Å². The molecule has 1 aromatic rings. The number of benzene rings is 1. The topological polar surface area (TPSA) is 66.4 Å². The van der Waals surface area contributed by atoms with Crippen LogP contribution in [-0.4, -0.2) is 26.2 Å². The highest BCUT2D eigenvalue weighted by molar-refractivity contribution is 7.89. The van der Waals surface area contributed by atoms with Crippen LogP contribution in [0.25, 0.3) is 0 Å². The molecule has 22 heavy (non-hydrogen) atoms. The second-order valence-corrected chi connectivity index (χ2v) is 7.74. The van der Waals surface area contributed by atoms with E-state index in [1.165, 1.54) is 0 Å². The molecule has 2 N–H and O–H groups in total. The summed E-state index contributed by atoms with van der Waals surface area (Å²) < 4.78 is 66.4. The van der Waals surface area contributed by atoms with Gasteiger partial charge >= 0.3 is 0 Å². The van der Waals surface area contributed by atoms with Gasteiger partial charge in [0, 0.05) is 18.6 Å². The molecule has 8 heteroatoms. The van der Waals surface area contributed by atoms with Crippen LogP contribution in [0.4, 0.5) is 13.2 Å². The van der Waals surface area contributed by atoms with Gasteiger partial charge in [-0.1, -0.05) is 0 Å². The number of nitrogens with one attached hydrogen (secondary N) is 1. The summed E-state index contributed by atoms with van der Waals surface area (Å²) in [5.74, 6) is -4.61. The molecule has 1 aromatic carbocycles. The summed E-state index contributed by atoms with van der Waals surface area (Å²) in [4.78, 5) is -0.650. The molecule has 4 atom stereocenters. The lowest BCUT2D eigenvalue weighted by Gasteiger charge is -2.30. The highest BCUT2D eigenvalue weighted by Gasteiger charge is 2.48. The van der Waals surface area contributed by atoms with Gasteiger partial charge < -0.3 is 5.11 Å². The summed E-state index contributed by atoms with van der Waals surface area (Å²) in [5.41, 5.74) is 0. The Morgan fingerprint density at radius 3 is 2.32 bits per heavy atom. The average Bonchev–Trinajstić information content (AvgIpc) is 3.04. The Bertz CT molecular complexity index is 672. The van der Waals surface area contributed by atoms with Crippen LogP contribution in [0.15, 0.2) is 17.0 Å². The lowest BCUT2D eigenvalue weighted by Crippen LogP contribution is -2.45. The van der Waals surface area contributed by atoms with E-state index in [4.69, 9.17) is 0 Å². The summed E-state index contributed by atoms with van der Waals surface area (Å²) in [5, 5.41) is 9.45. The molecular weight excluding hydrogens is 319 g/mol. The van der Waals surface area contributed by atoms with Gasteiger partial charge in [0.1, 0.15) is 0 Å². The molecule has 122 valence electrons. The summed E-state index contributed by atoms with van der Waals surface area (Å²) in [7, 11) is -4.18. The number of sulfonamides is 1. The molecule has 4 nitrogen and oxygen atoms in total. The van der Waals surface area contributed by atoms with Crippen LogP contribution >= 0.6 is 0 Å². The van der Waals surface area contributed by atoms with Crippen molar-refractivity contribution >= 4 is 10.0 Å². The van der Waals surface area contributed by atoms with Crippen LogP contribution in [0.3, 0.4) is 0 Å². The van der Waals surface area contributed by atoms with E-state index in [0.717, 1.165) is 19.3 Å². The van der Waals surface area contributed by atoms with Crippen LogP contribution in [0.5, 0.6) is 0 Å². The SMILES string of the molecule is O=S(=O)(NC1C2CCC(C2)C1CO)c1cc(F)c(F)c(F)c1. The van der Waals surface area contributed by atoms with E-state index in [9.17, 15) is 26.7 Å². The first-order valence-corrected chi connectivity index (χ1v) is 8.59. The normalized spacial score (nSPS) is 30.9.